The van der Waals surface area contributed by atoms with Crippen molar-refractivity contribution in [3.8, 4) is 0 Å². The molecule has 0 aromatic rings. The summed E-state index contributed by atoms with van der Waals surface area (Å²) in [5.41, 5.74) is -1.44. The van der Waals surface area contributed by atoms with Crippen LogP contribution in [0.2, 0.25) is 0 Å². The van der Waals surface area contributed by atoms with Crippen LogP contribution >= 0.6 is 23.3 Å². The predicted molar refractivity (Wildman–Crippen MR) is 90.1 cm³/mol. The second-order valence-electron chi connectivity index (χ2n) is 7.25. The van der Waals surface area contributed by atoms with E-state index in [9.17, 15) is 0 Å². The van der Waals surface area contributed by atoms with Crippen molar-refractivity contribution < 1.29 is 18.6 Å². The van der Waals surface area contributed by atoms with E-state index in [4.69, 9.17) is 18.6 Å². The first-order valence-corrected chi connectivity index (χ1v) is 8.39. The number of thiol groups is 2. The van der Waals surface area contributed by atoms with Gasteiger partial charge in [0, 0.05) is 0 Å². The van der Waals surface area contributed by atoms with Crippen LogP contribution in [0.3, 0.4) is 0 Å². The third-order valence-corrected chi connectivity index (χ3v) is 4.77. The predicted octanol–water partition coefficient (Wildman–Crippen LogP) is 3.01. The van der Waals surface area contributed by atoms with Crippen LogP contribution in [0.15, 0.2) is 0 Å². The van der Waals surface area contributed by atoms with E-state index in [1.807, 2.05) is 55.4 Å². The molecule has 0 aromatic carbocycles. The van der Waals surface area contributed by atoms with Gasteiger partial charge in [0.2, 0.25) is 0 Å². The molecule has 0 aromatic heterocycles. The summed E-state index contributed by atoms with van der Waals surface area (Å²) >= 11 is 6.44. The first-order valence-electron chi connectivity index (χ1n) is 6.79. The Morgan fingerprint density at radius 3 is 0.800 bits per heavy atom. The third kappa shape index (κ3) is 3.20. The average Bonchev–Trinajstić information content (AvgIpc) is 2.61. The normalized spacial score (nSPS) is 29.1. The zero-order valence-electron chi connectivity index (χ0n) is 13.7. The topological polar surface area (TPSA) is 36.9 Å². The molecule has 2 rings (SSSR count). The van der Waals surface area contributed by atoms with Gasteiger partial charge in [-0.2, -0.15) is 0 Å². The highest BCUT2D eigenvalue weighted by Gasteiger charge is 2.63. The van der Waals surface area contributed by atoms with Gasteiger partial charge in [-0.25, -0.2) is 0 Å². The van der Waals surface area contributed by atoms with Crippen molar-refractivity contribution in [2.45, 2.75) is 77.8 Å². The first kappa shape index (κ1) is 18.7. The van der Waals surface area contributed by atoms with Gasteiger partial charge in [-0.3, -0.25) is 0 Å². The Bertz CT molecular complexity index is 295. The average molecular weight is 320 g/mol. The molecule has 0 amide bonds. The maximum atomic E-state index is 5.96. The van der Waals surface area contributed by atoms with E-state index in [2.05, 4.69) is 23.3 Å². The second kappa shape index (κ2) is 5.70. The quantitative estimate of drug-likeness (QED) is 0.442. The highest BCUT2D eigenvalue weighted by Crippen LogP contribution is 2.42. The second-order valence-corrected chi connectivity index (χ2v) is 7.25. The van der Waals surface area contributed by atoms with Gasteiger partial charge in [0.1, 0.15) is 0 Å². The molecule has 0 unspecified atom stereocenters. The first-order chi connectivity index (χ1) is 8.88. The minimum Gasteiger partial charge on any atom is -0.405 e. The number of hydrogen-bond acceptors (Lipinski definition) is 6. The summed E-state index contributed by atoms with van der Waals surface area (Å²) in [4.78, 5) is 0. The molecule has 2 fully saturated rings. The highest BCUT2D eigenvalue weighted by atomic mass is 33.1. The molecule has 0 atom stereocenters. The third-order valence-electron chi connectivity index (χ3n) is 4.77. The molecule has 8 heteroatoms. The fourth-order valence-corrected chi connectivity index (χ4v) is 2.00. The van der Waals surface area contributed by atoms with Gasteiger partial charge in [-0.05, 0) is 55.4 Å². The standard InChI is InChI=1S/C12H24B2O4.H2S2/c1-9(2)10(3,4)16-13(15-9)14-17-11(5,6)12(7,8)18-14;1-2/h1-8H3;1-2H. The molecule has 20 heavy (non-hydrogen) atoms. The van der Waals surface area contributed by atoms with Crippen molar-refractivity contribution >= 4 is 37.3 Å². The van der Waals surface area contributed by atoms with E-state index in [-0.39, 0.29) is 22.4 Å². The molecule has 2 saturated heterocycles. The molecular formula is C12H26B2O4S2. The largest absolute Gasteiger partial charge is 0.488 e. The molecule has 0 N–H and O–H groups in total. The fraction of sp³-hybridized carbons (Fsp3) is 1.00. The molecular weight excluding hydrogens is 294 g/mol. The van der Waals surface area contributed by atoms with Crippen molar-refractivity contribution in [1.82, 2.24) is 0 Å². The number of rotatable bonds is 1. The highest BCUT2D eigenvalue weighted by molar-refractivity contribution is 8.59. The Morgan fingerprint density at radius 1 is 0.500 bits per heavy atom. The van der Waals surface area contributed by atoms with Gasteiger partial charge in [-0.1, -0.05) is 0 Å². The SMILES string of the molecule is CC1(C)OB(B2OC(C)(C)C(C)(C)O2)OC1(C)C.SS. The lowest BCUT2D eigenvalue weighted by molar-refractivity contribution is 0.00578. The molecule has 2 aliphatic rings. The monoisotopic (exact) mass is 320 g/mol. The molecule has 4 nitrogen and oxygen atoms in total. The maximum absolute atomic E-state index is 5.96. The zero-order valence-corrected chi connectivity index (χ0v) is 15.5. The Hall–Kier alpha value is 0.670. The molecule has 116 valence electrons. The van der Waals surface area contributed by atoms with Gasteiger partial charge in [0.25, 0.3) is 0 Å². The van der Waals surface area contributed by atoms with E-state index >= 15 is 0 Å². The van der Waals surface area contributed by atoms with Crippen LogP contribution in [0.4, 0.5) is 0 Å². The Labute approximate surface area is 134 Å². The minimum absolute atomic E-state index is 0.360. The maximum Gasteiger partial charge on any atom is 0.488 e. The summed E-state index contributed by atoms with van der Waals surface area (Å²) in [6, 6.07) is 0. The minimum atomic E-state index is -0.476. The van der Waals surface area contributed by atoms with Crippen molar-refractivity contribution in [2.75, 3.05) is 0 Å². The van der Waals surface area contributed by atoms with E-state index in [1.54, 1.807) is 0 Å². The molecule has 2 aliphatic heterocycles. The molecule has 0 bridgehead atoms. The summed E-state index contributed by atoms with van der Waals surface area (Å²) in [5, 5.41) is 0. The summed E-state index contributed by atoms with van der Waals surface area (Å²) < 4.78 is 23.8. The summed E-state index contributed by atoms with van der Waals surface area (Å²) in [6.45, 7) is 16.2. The lowest BCUT2D eigenvalue weighted by Gasteiger charge is -2.32. The van der Waals surface area contributed by atoms with Crippen LogP contribution < -0.4 is 0 Å². The van der Waals surface area contributed by atoms with E-state index in [0.717, 1.165) is 0 Å². The molecule has 2 heterocycles. The Kier molecular flexibility index (Phi) is 5.34. The van der Waals surface area contributed by atoms with Crippen molar-refractivity contribution in [3.05, 3.63) is 0 Å². The van der Waals surface area contributed by atoms with Gasteiger partial charge < -0.3 is 18.6 Å². The molecule has 0 saturated carbocycles. The van der Waals surface area contributed by atoms with Gasteiger partial charge in [0.05, 0.1) is 22.4 Å². The lowest BCUT2D eigenvalue weighted by Crippen LogP contribution is -2.41. The zero-order chi connectivity index (χ0) is 16.0. The van der Waals surface area contributed by atoms with Crippen molar-refractivity contribution in [2.24, 2.45) is 0 Å². The molecule has 0 radical (unpaired) electrons. The Morgan fingerprint density at radius 2 is 0.650 bits per heavy atom. The van der Waals surface area contributed by atoms with Crippen LogP contribution in [-0.2, 0) is 18.6 Å². The van der Waals surface area contributed by atoms with E-state index < -0.39 is 14.0 Å². The fourth-order valence-electron chi connectivity index (χ4n) is 2.00. The summed E-state index contributed by atoms with van der Waals surface area (Å²) in [6.07, 6.45) is 0. The lowest BCUT2D eigenvalue weighted by atomic mass is 9.49. The number of hydrogen-bond donors (Lipinski definition) is 2. The molecule has 0 aliphatic carbocycles. The van der Waals surface area contributed by atoms with Gasteiger partial charge in [-0.15, -0.1) is 23.3 Å². The van der Waals surface area contributed by atoms with E-state index in [1.165, 1.54) is 0 Å². The Balaban J connectivity index is 0.000000956. The summed E-state index contributed by atoms with van der Waals surface area (Å²) in [5.74, 6) is 0. The van der Waals surface area contributed by atoms with Crippen LogP contribution in [0, 0.1) is 0 Å². The van der Waals surface area contributed by atoms with Crippen LogP contribution in [0.1, 0.15) is 55.4 Å². The molecule has 0 spiro atoms. The van der Waals surface area contributed by atoms with Crippen LogP contribution in [0.5, 0.6) is 0 Å². The van der Waals surface area contributed by atoms with Gasteiger partial charge in [0.15, 0.2) is 0 Å². The summed E-state index contributed by atoms with van der Waals surface area (Å²) in [7, 11) is -0.952. The van der Waals surface area contributed by atoms with Gasteiger partial charge >= 0.3 is 14.0 Å². The van der Waals surface area contributed by atoms with Crippen LogP contribution in [0.25, 0.3) is 0 Å². The smallest absolute Gasteiger partial charge is 0.405 e. The van der Waals surface area contributed by atoms with E-state index in [0.29, 0.717) is 0 Å². The van der Waals surface area contributed by atoms with Crippen molar-refractivity contribution in [3.63, 3.8) is 0 Å². The van der Waals surface area contributed by atoms with Crippen molar-refractivity contribution in [1.29, 1.82) is 0 Å². The van der Waals surface area contributed by atoms with Crippen LogP contribution in [-0.4, -0.2) is 36.4 Å².